The van der Waals surface area contributed by atoms with Crippen LogP contribution in [0.5, 0.6) is 0 Å². The van der Waals surface area contributed by atoms with Gasteiger partial charge in [0.05, 0.1) is 12.1 Å². The molecule has 1 aromatic heterocycles. The molecule has 4 heterocycles. The van der Waals surface area contributed by atoms with E-state index in [1.165, 1.54) is 0 Å². The molecule has 8 heteroatoms. The van der Waals surface area contributed by atoms with Gasteiger partial charge in [0.2, 0.25) is 5.91 Å². The van der Waals surface area contributed by atoms with Crippen LogP contribution in [0.4, 0.5) is 4.79 Å². The fourth-order valence-corrected chi connectivity index (χ4v) is 4.25. The molecule has 2 bridgehead atoms. The summed E-state index contributed by atoms with van der Waals surface area (Å²) >= 11 is 0. The van der Waals surface area contributed by atoms with Gasteiger partial charge in [0.1, 0.15) is 5.52 Å². The predicted molar refractivity (Wildman–Crippen MR) is 101 cm³/mol. The molecule has 0 unspecified atom stereocenters. The average Bonchev–Trinajstić information content (AvgIpc) is 2.85. The zero-order valence-corrected chi connectivity index (χ0v) is 15.9. The molecule has 8 nitrogen and oxygen atoms in total. The number of hydrogen-bond donors (Lipinski definition) is 0. The van der Waals surface area contributed by atoms with E-state index in [9.17, 15) is 9.59 Å². The van der Waals surface area contributed by atoms with E-state index in [-0.39, 0.29) is 18.0 Å². The van der Waals surface area contributed by atoms with E-state index >= 15 is 0 Å². The lowest BCUT2D eigenvalue weighted by atomic mass is 9.94. The number of nitrogens with zero attached hydrogens (tertiary/aromatic N) is 6. The fraction of sp³-hybridized carbons (Fsp3) is 0.579. The first-order valence-corrected chi connectivity index (χ1v) is 9.57. The topological polar surface area (TPSA) is 74.6 Å². The monoisotopic (exact) mass is 370 g/mol. The molecule has 3 fully saturated rings. The van der Waals surface area contributed by atoms with Gasteiger partial charge in [-0.2, -0.15) is 0 Å². The smallest absolute Gasteiger partial charge is 0.319 e. The molecule has 0 saturated carbocycles. The summed E-state index contributed by atoms with van der Waals surface area (Å²) in [7, 11) is 3.56. The van der Waals surface area contributed by atoms with Crippen LogP contribution in [0.3, 0.4) is 0 Å². The van der Waals surface area contributed by atoms with Crippen molar-refractivity contribution in [3.05, 3.63) is 24.3 Å². The number of carbonyl (C=O) groups is 2. The number of aromatic nitrogens is 3. The quantitative estimate of drug-likeness (QED) is 0.819. The standard InChI is InChI=1S/C19H26N6O2/c1-22(2)19(27)23-11-14-7-8-15(13-23)24(12-14)18(26)9-10-25-17-6-4-3-5-16(17)20-21-25/h3-6,14-15H,7-13H2,1-2H3/t14-,15+/m1/s1. The second kappa shape index (κ2) is 7.17. The summed E-state index contributed by atoms with van der Waals surface area (Å²) in [5.41, 5.74) is 1.79. The molecule has 1 aromatic carbocycles. The van der Waals surface area contributed by atoms with Crippen molar-refractivity contribution in [1.29, 1.82) is 0 Å². The summed E-state index contributed by atoms with van der Waals surface area (Å²) in [4.78, 5) is 30.8. The summed E-state index contributed by atoms with van der Waals surface area (Å²) in [6, 6.07) is 7.93. The van der Waals surface area contributed by atoms with Gasteiger partial charge in [-0.05, 0) is 30.9 Å². The molecule has 144 valence electrons. The lowest BCUT2D eigenvalue weighted by Crippen LogP contribution is -2.48. The van der Waals surface area contributed by atoms with Gasteiger partial charge in [-0.1, -0.05) is 17.3 Å². The first kappa shape index (κ1) is 17.8. The highest BCUT2D eigenvalue weighted by Gasteiger charge is 2.38. The van der Waals surface area contributed by atoms with Crippen LogP contribution in [-0.4, -0.2) is 81.4 Å². The van der Waals surface area contributed by atoms with Crippen molar-refractivity contribution in [2.45, 2.75) is 31.8 Å². The summed E-state index contributed by atoms with van der Waals surface area (Å²) in [5.74, 6) is 0.507. The highest BCUT2D eigenvalue weighted by molar-refractivity contribution is 5.78. The van der Waals surface area contributed by atoms with Gasteiger partial charge in [0.25, 0.3) is 0 Å². The Bertz CT molecular complexity index is 848. The van der Waals surface area contributed by atoms with Crippen molar-refractivity contribution in [2.75, 3.05) is 33.7 Å². The van der Waals surface area contributed by atoms with Crippen LogP contribution in [0.15, 0.2) is 24.3 Å². The Balaban J connectivity index is 1.42. The molecular weight excluding hydrogens is 344 g/mol. The molecule has 3 aliphatic heterocycles. The van der Waals surface area contributed by atoms with Crippen molar-refractivity contribution in [3.63, 3.8) is 0 Å². The molecule has 0 spiro atoms. The summed E-state index contributed by atoms with van der Waals surface area (Å²) in [6.45, 7) is 2.64. The van der Waals surface area contributed by atoms with Gasteiger partial charge < -0.3 is 14.7 Å². The number of aryl methyl sites for hydroxylation is 1. The van der Waals surface area contributed by atoms with Gasteiger partial charge >= 0.3 is 6.03 Å². The largest absolute Gasteiger partial charge is 0.338 e. The van der Waals surface area contributed by atoms with Crippen LogP contribution in [0.1, 0.15) is 19.3 Å². The highest BCUT2D eigenvalue weighted by atomic mass is 16.2. The minimum atomic E-state index is 0.0373. The van der Waals surface area contributed by atoms with Crippen molar-refractivity contribution < 1.29 is 9.59 Å². The number of rotatable bonds is 3. The van der Waals surface area contributed by atoms with Gasteiger partial charge in [-0.3, -0.25) is 4.79 Å². The van der Waals surface area contributed by atoms with Gasteiger partial charge in [-0.15, -0.1) is 5.10 Å². The third-order valence-electron chi connectivity index (χ3n) is 5.64. The van der Waals surface area contributed by atoms with Crippen molar-refractivity contribution in [2.24, 2.45) is 5.92 Å². The third kappa shape index (κ3) is 3.48. The minimum absolute atomic E-state index is 0.0373. The zero-order valence-electron chi connectivity index (χ0n) is 15.9. The molecule has 3 amide bonds. The molecular formula is C19H26N6O2. The third-order valence-corrected chi connectivity index (χ3v) is 5.64. The Morgan fingerprint density at radius 2 is 1.96 bits per heavy atom. The van der Waals surface area contributed by atoms with Crippen molar-refractivity contribution in [1.82, 2.24) is 29.7 Å². The van der Waals surface area contributed by atoms with Crippen LogP contribution in [0.25, 0.3) is 11.0 Å². The van der Waals surface area contributed by atoms with Gasteiger partial charge in [-0.25, -0.2) is 9.48 Å². The molecule has 3 aliphatic rings. The number of hydrogen-bond acceptors (Lipinski definition) is 4. The second-order valence-electron chi connectivity index (χ2n) is 7.78. The molecule has 2 atom stereocenters. The summed E-state index contributed by atoms with van der Waals surface area (Å²) in [5, 5.41) is 8.32. The Morgan fingerprint density at radius 1 is 1.15 bits per heavy atom. The lowest BCUT2D eigenvalue weighted by molar-refractivity contribution is -0.135. The Labute approximate surface area is 158 Å². The number of amides is 3. The number of urea groups is 1. The maximum Gasteiger partial charge on any atom is 0.319 e. The van der Waals surface area contributed by atoms with E-state index in [1.807, 2.05) is 34.1 Å². The number of piperidine rings is 1. The summed E-state index contributed by atoms with van der Waals surface area (Å²) < 4.78 is 1.80. The van der Waals surface area contributed by atoms with Gasteiger partial charge in [0.15, 0.2) is 0 Å². The molecule has 27 heavy (non-hydrogen) atoms. The van der Waals surface area contributed by atoms with Crippen LogP contribution >= 0.6 is 0 Å². The van der Waals surface area contributed by atoms with E-state index in [0.717, 1.165) is 37.0 Å². The maximum absolute atomic E-state index is 12.9. The Hall–Kier alpha value is -2.64. The van der Waals surface area contributed by atoms with E-state index in [1.54, 1.807) is 23.7 Å². The van der Waals surface area contributed by atoms with E-state index in [0.29, 0.717) is 25.4 Å². The van der Waals surface area contributed by atoms with Crippen LogP contribution in [0, 0.1) is 5.92 Å². The SMILES string of the molecule is CN(C)C(=O)N1C[C@H]2CC[C@@H](C1)N(C(=O)CCn1nnc3ccccc31)C2. The highest BCUT2D eigenvalue weighted by Crippen LogP contribution is 2.29. The normalized spacial score (nSPS) is 22.1. The molecule has 0 radical (unpaired) electrons. The maximum atomic E-state index is 12.9. The fourth-order valence-electron chi connectivity index (χ4n) is 4.25. The predicted octanol–water partition coefficient (Wildman–Crippen LogP) is 1.43. The first-order chi connectivity index (χ1) is 13.0. The Kier molecular flexibility index (Phi) is 4.72. The van der Waals surface area contributed by atoms with Crippen molar-refractivity contribution >= 4 is 23.0 Å². The van der Waals surface area contributed by atoms with E-state index in [2.05, 4.69) is 10.3 Å². The number of fused-ring (bicyclic) bond motifs is 5. The van der Waals surface area contributed by atoms with Crippen LogP contribution in [-0.2, 0) is 11.3 Å². The number of benzene rings is 1. The van der Waals surface area contributed by atoms with E-state index in [4.69, 9.17) is 0 Å². The molecule has 0 N–H and O–H groups in total. The van der Waals surface area contributed by atoms with E-state index < -0.39 is 0 Å². The molecule has 3 saturated heterocycles. The van der Waals surface area contributed by atoms with Crippen LogP contribution in [0.2, 0.25) is 0 Å². The number of para-hydroxylation sites is 1. The second-order valence-corrected chi connectivity index (χ2v) is 7.78. The molecule has 5 rings (SSSR count). The van der Waals surface area contributed by atoms with Gasteiger partial charge in [0, 0.05) is 46.2 Å². The summed E-state index contributed by atoms with van der Waals surface area (Å²) in [6.07, 6.45) is 2.46. The Morgan fingerprint density at radius 3 is 2.78 bits per heavy atom. The first-order valence-electron chi connectivity index (χ1n) is 9.57. The average molecular weight is 370 g/mol. The molecule has 2 aromatic rings. The minimum Gasteiger partial charge on any atom is -0.338 e. The zero-order chi connectivity index (χ0) is 19.0. The molecule has 0 aliphatic carbocycles. The number of carbonyl (C=O) groups excluding carboxylic acids is 2. The van der Waals surface area contributed by atoms with Crippen molar-refractivity contribution in [3.8, 4) is 0 Å². The lowest BCUT2D eigenvalue weighted by Gasteiger charge is -2.36. The van der Waals surface area contributed by atoms with Crippen LogP contribution < -0.4 is 0 Å².